The van der Waals surface area contributed by atoms with E-state index in [4.69, 9.17) is 17.3 Å². The summed E-state index contributed by atoms with van der Waals surface area (Å²) in [4.78, 5) is 13.5. The molecule has 7 nitrogen and oxygen atoms in total. The Morgan fingerprint density at radius 1 is 1.25 bits per heavy atom. The average molecular weight is 498 g/mol. The van der Waals surface area contributed by atoms with Gasteiger partial charge in [-0.1, -0.05) is 45.7 Å². The fraction of sp³-hybridized carbons (Fsp3) is 0.381. The molecule has 3 N–H and O–H groups in total. The van der Waals surface area contributed by atoms with E-state index in [0.29, 0.717) is 29.1 Å². The number of nitrogens with zero attached hydrogens (tertiary/aromatic N) is 3. The van der Waals surface area contributed by atoms with Gasteiger partial charge in [-0.25, -0.2) is 27.8 Å². The summed E-state index contributed by atoms with van der Waals surface area (Å²) in [6.07, 6.45) is 2.67. The predicted molar refractivity (Wildman–Crippen MR) is 129 cm³/mol. The molecule has 0 bridgehead atoms. The van der Waals surface area contributed by atoms with Gasteiger partial charge < -0.3 is 5.73 Å². The van der Waals surface area contributed by atoms with Crippen LogP contribution in [0.3, 0.4) is 0 Å². The molecule has 11 heteroatoms. The molecule has 0 unspecified atom stereocenters. The first-order valence-corrected chi connectivity index (χ1v) is 12.9. The number of rotatable bonds is 7. The average Bonchev–Trinajstić information content (AvgIpc) is 3.14. The summed E-state index contributed by atoms with van der Waals surface area (Å²) in [5.41, 5.74) is 6.10. The number of nitrogen functional groups attached to an aromatic ring is 1. The van der Waals surface area contributed by atoms with E-state index in [2.05, 4.69) is 19.7 Å². The summed E-state index contributed by atoms with van der Waals surface area (Å²) in [5, 5.41) is 0.928. The Labute approximate surface area is 196 Å². The quantitative estimate of drug-likeness (QED) is 0.447. The number of nitrogens with two attached hydrogens (primary N) is 1. The van der Waals surface area contributed by atoms with Crippen molar-refractivity contribution in [2.45, 2.75) is 46.0 Å². The van der Waals surface area contributed by atoms with E-state index in [1.807, 2.05) is 27.7 Å². The molecule has 0 saturated heterocycles. The van der Waals surface area contributed by atoms with E-state index >= 15 is 4.39 Å². The molecule has 3 rings (SSSR count). The normalized spacial score (nSPS) is 12.2. The van der Waals surface area contributed by atoms with E-state index in [1.165, 1.54) is 29.7 Å². The Hall–Kier alpha value is -2.30. The number of nitrogens with one attached hydrogen (secondary N) is 1. The Morgan fingerprint density at radius 2 is 1.97 bits per heavy atom. The second-order valence-electron chi connectivity index (χ2n) is 8.34. The van der Waals surface area contributed by atoms with E-state index < -0.39 is 15.8 Å². The molecule has 0 saturated carbocycles. The molecular formula is C21H25ClFN5O2S2. The Kier molecular flexibility index (Phi) is 7.06. The first-order chi connectivity index (χ1) is 14.9. The Balaban J connectivity index is 2.19. The number of anilines is 2. The van der Waals surface area contributed by atoms with Gasteiger partial charge in [0.05, 0.1) is 32.7 Å². The van der Waals surface area contributed by atoms with Gasteiger partial charge in [-0.2, -0.15) is 0 Å². The summed E-state index contributed by atoms with van der Waals surface area (Å²) in [5.74, 6) is -0.792. The monoisotopic (exact) mass is 497 g/mol. The zero-order chi connectivity index (χ0) is 23.7. The molecular weight excluding hydrogens is 473 g/mol. The molecule has 0 spiro atoms. The van der Waals surface area contributed by atoms with Crippen LogP contribution >= 0.6 is 22.9 Å². The molecule has 172 valence electrons. The van der Waals surface area contributed by atoms with Crippen LogP contribution in [0, 0.1) is 5.82 Å². The van der Waals surface area contributed by atoms with Gasteiger partial charge in [-0.15, -0.1) is 11.3 Å². The standard InChI is InChI=1S/C21H25ClFN5O2S2/c1-5-6-9-32(29,30)28-15-11-12(22)10-13(16(15)23)17-18(14-7-8-25-20(24)26-14)31-19(27-17)21(2,3)4/h7-8,10-11,28H,5-6,9H2,1-4H3,(H2,24,25,26). The molecule has 0 aliphatic carbocycles. The first kappa shape index (κ1) is 24.3. The third kappa shape index (κ3) is 5.54. The van der Waals surface area contributed by atoms with Crippen LogP contribution in [0.25, 0.3) is 21.8 Å². The van der Waals surface area contributed by atoms with Gasteiger partial charge in [0.25, 0.3) is 0 Å². The Bertz CT molecular complexity index is 1240. The third-order valence-corrected chi connectivity index (χ3v) is 7.58. The van der Waals surface area contributed by atoms with Gasteiger partial charge in [0, 0.05) is 22.2 Å². The van der Waals surface area contributed by atoms with Crippen molar-refractivity contribution in [3.05, 3.63) is 40.2 Å². The lowest BCUT2D eigenvalue weighted by Gasteiger charge is -2.14. The van der Waals surface area contributed by atoms with Gasteiger partial charge in [0.2, 0.25) is 16.0 Å². The van der Waals surface area contributed by atoms with Crippen molar-refractivity contribution in [2.24, 2.45) is 0 Å². The number of aromatic nitrogens is 3. The number of thiazole rings is 1. The fourth-order valence-electron chi connectivity index (χ4n) is 2.89. The van der Waals surface area contributed by atoms with Crippen molar-refractivity contribution >= 4 is 44.6 Å². The van der Waals surface area contributed by atoms with Crippen molar-refractivity contribution in [2.75, 3.05) is 16.2 Å². The second-order valence-corrected chi connectivity index (χ2v) is 11.6. The molecule has 0 radical (unpaired) electrons. The van der Waals surface area contributed by atoms with E-state index in [0.717, 1.165) is 5.01 Å². The highest BCUT2D eigenvalue weighted by atomic mass is 35.5. The second kappa shape index (κ2) is 9.29. The zero-order valence-corrected chi connectivity index (χ0v) is 20.6. The van der Waals surface area contributed by atoms with Crippen LogP contribution in [0.2, 0.25) is 5.02 Å². The number of hydrogen-bond acceptors (Lipinski definition) is 7. The van der Waals surface area contributed by atoms with Crippen molar-refractivity contribution in [3.8, 4) is 21.8 Å². The molecule has 0 fully saturated rings. The van der Waals surface area contributed by atoms with Crippen LogP contribution in [0.4, 0.5) is 16.0 Å². The summed E-state index contributed by atoms with van der Waals surface area (Å²) >= 11 is 7.62. The van der Waals surface area contributed by atoms with E-state index in [-0.39, 0.29) is 33.4 Å². The van der Waals surface area contributed by atoms with Crippen molar-refractivity contribution in [1.29, 1.82) is 0 Å². The minimum Gasteiger partial charge on any atom is -0.368 e. The number of hydrogen-bond donors (Lipinski definition) is 2. The predicted octanol–water partition coefficient (Wildman–Crippen LogP) is 5.48. The lowest BCUT2D eigenvalue weighted by atomic mass is 9.98. The van der Waals surface area contributed by atoms with Gasteiger partial charge in [-0.05, 0) is 24.6 Å². The van der Waals surface area contributed by atoms with Crippen LogP contribution in [-0.2, 0) is 15.4 Å². The van der Waals surface area contributed by atoms with Crippen molar-refractivity contribution < 1.29 is 12.8 Å². The minimum atomic E-state index is -3.72. The van der Waals surface area contributed by atoms with Crippen molar-refractivity contribution in [3.63, 3.8) is 0 Å². The lowest BCUT2D eigenvalue weighted by molar-refractivity contribution is 0.585. The molecule has 3 aromatic rings. The summed E-state index contributed by atoms with van der Waals surface area (Å²) < 4.78 is 42.6. The maximum absolute atomic E-state index is 15.6. The minimum absolute atomic E-state index is 0.0737. The van der Waals surface area contributed by atoms with Gasteiger partial charge in [-0.3, -0.25) is 4.72 Å². The van der Waals surface area contributed by atoms with Crippen LogP contribution in [0.15, 0.2) is 24.4 Å². The largest absolute Gasteiger partial charge is 0.368 e. The van der Waals surface area contributed by atoms with Crippen LogP contribution in [-0.4, -0.2) is 29.1 Å². The molecule has 2 aromatic heterocycles. The maximum atomic E-state index is 15.6. The molecule has 0 amide bonds. The molecule has 1 aromatic carbocycles. The fourth-order valence-corrected chi connectivity index (χ4v) is 5.47. The molecule has 0 aliphatic heterocycles. The number of unbranched alkanes of at least 4 members (excludes halogenated alkanes) is 1. The van der Waals surface area contributed by atoms with Gasteiger partial charge in [0.15, 0.2) is 5.82 Å². The molecule has 32 heavy (non-hydrogen) atoms. The van der Waals surface area contributed by atoms with E-state index in [9.17, 15) is 8.42 Å². The summed E-state index contributed by atoms with van der Waals surface area (Å²) in [6, 6.07) is 4.34. The van der Waals surface area contributed by atoms with E-state index in [1.54, 1.807) is 6.07 Å². The number of halogens is 2. The highest BCUT2D eigenvalue weighted by Gasteiger charge is 2.27. The van der Waals surface area contributed by atoms with Crippen LogP contribution in [0.1, 0.15) is 45.5 Å². The third-order valence-electron chi connectivity index (χ3n) is 4.50. The SMILES string of the molecule is CCCCS(=O)(=O)Nc1cc(Cl)cc(-c2nc(C(C)(C)C)sc2-c2ccnc(N)n2)c1F. The maximum Gasteiger partial charge on any atom is 0.232 e. The van der Waals surface area contributed by atoms with Crippen LogP contribution in [0.5, 0.6) is 0 Å². The Morgan fingerprint density at radius 3 is 2.59 bits per heavy atom. The highest BCUT2D eigenvalue weighted by Crippen LogP contribution is 2.42. The molecule has 2 heterocycles. The molecule has 0 aliphatic rings. The van der Waals surface area contributed by atoms with Gasteiger partial charge >= 0.3 is 0 Å². The highest BCUT2D eigenvalue weighted by molar-refractivity contribution is 7.92. The smallest absolute Gasteiger partial charge is 0.232 e. The first-order valence-electron chi connectivity index (χ1n) is 10.0. The zero-order valence-electron chi connectivity index (χ0n) is 18.2. The van der Waals surface area contributed by atoms with Crippen molar-refractivity contribution in [1.82, 2.24) is 15.0 Å². The lowest BCUT2D eigenvalue weighted by Crippen LogP contribution is -2.17. The van der Waals surface area contributed by atoms with Crippen LogP contribution < -0.4 is 10.5 Å². The number of sulfonamides is 1. The summed E-state index contributed by atoms with van der Waals surface area (Å²) in [6.45, 7) is 7.87. The van der Waals surface area contributed by atoms with Gasteiger partial charge in [0.1, 0.15) is 0 Å². The topological polar surface area (TPSA) is 111 Å². The number of benzene rings is 1. The summed E-state index contributed by atoms with van der Waals surface area (Å²) in [7, 11) is -3.72. The molecule has 0 atom stereocenters.